The number of hydrogen-bond donors (Lipinski definition) is 1. The molecular formula is C12H20ClN3O2S. The van der Waals surface area contributed by atoms with Gasteiger partial charge >= 0.3 is 0 Å². The molecule has 5 nitrogen and oxygen atoms in total. The number of nitrogens with zero attached hydrogens (tertiary/aromatic N) is 2. The Hall–Kier alpha value is -0.720. The van der Waals surface area contributed by atoms with E-state index in [1.807, 2.05) is 0 Å². The molecule has 0 bridgehead atoms. The Morgan fingerprint density at radius 1 is 1.32 bits per heavy atom. The summed E-state index contributed by atoms with van der Waals surface area (Å²) in [6, 6.07) is 1.78. The number of rotatable bonds is 3. The summed E-state index contributed by atoms with van der Waals surface area (Å²) in [5.41, 5.74) is 1.39. The molecule has 7 heteroatoms. The minimum Gasteiger partial charge on any atom is -0.316 e. The summed E-state index contributed by atoms with van der Waals surface area (Å²) < 4.78 is 24.5. The fourth-order valence-electron chi connectivity index (χ4n) is 2.28. The molecule has 1 aliphatic rings. The quantitative estimate of drug-likeness (QED) is 0.852. The van der Waals surface area contributed by atoms with Crippen LogP contribution in [0.3, 0.4) is 0 Å². The van der Waals surface area contributed by atoms with Crippen LogP contribution in [-0.4, -0.2) is 37.2 Å². The van der Waals surface area contributed by atoms with E-state index in [0.717, 1.165) is 25.9 Å². The van der Waals surface area contributed by atoms with Gasteiger partial charge in [-0.15, -0.1) is 12.4 Å². The lowest BCUT2D eigenvalue weighted by molar-refractivity contribution is 0.403. The van der Waals surface area contributed by atoms with Gasteiger partial charge in [-0.25, -0.2) is 18.4 Å². The molecule has 2 rings (SSSR count). The molecule has 1 unspecified atom stereocenters. The predicted molar refractivity (Wildman–Crippen MR) is 76.4 cm³/mol. The largest absolute Gasteiger partial charge is 0.316 e. The summed E-state index contributed by atoms with van der Waals surface area (Å²) >= 11 is 0. The Morgan fingerprint density at radius 3 is 2.47 bits per heavy atom. The lowest BCUT2D eigenvalue weighted by atomic mass is 10.0. The molecule has 1 aromatic heterocycles. The first-order valence-corrected chi connectivity index (χ1v) is 7.88. The van der Waals surface area contributed by atoms with Crippen LogP contribution in [0, 0.1) is 19.8 Å². The van der Waals surface area contributed by atoms with Crippen LogP contribution in [0.25, 0.3) is 0 Å². The first-order valence-electron chi connectivity index (χ1n) is 6.23. The van der Waals surface area contributed by atoms with Crippen molar-refractivity contribution in [3.8, 4) is 0 Å². The predicted octanol–water partition coefficient (Wildman–Crippen LogP) is 1.29. The van der Waals surface area contributed by atoms with Gasteiger partial charge in [-0.05, 0) is 51.8 Å². The second-order valence-electron chi connectivity index (χ2n) is 4.93. The summed E-state index contributed by atoms with van der Waals surface area (Å²) in [6.07, 6.45) is 1.99. The number of nitrogens with one attached hydrogen (secondary N) is 1. The fourth-order valence-corrected chi connectivity index (χ4v) is 3.90. The number of piperidine rings is 1. The smallest absolute Gasteiger partial charge is 0.247 e. The van der Waals surface area contributed by atoms with Crippen LogP contribution in [0.15, 0.2) is 11.2 Å². The van der Waals surface area contributed by atoms with Gasteiger partial charge in [0.1, 0.15) is 0 Å². The molecule has 0 aliphatic carbocycles. The van der Waals surface area contributed by atoms with Crippen LogP contribution in [0.4, 0.5) is 0 Å². The average Bonchev–Trinajstić information content (AvgIpc) is 2.28. The number of sulfone groups is 1. The lowest BCUT2D eigenvalue weighted by Gasteiger charge is -2.22. The molecule has 0 saturated carbocycles. The zero-order chi connectivity index (χ0) is 13.2. The highest BCUT2D eigenvalue weighted by Crippen LogP contribution is 2.16. The van der Waals surface area contributed by atoms with Crippen LogP contribution in [0.1, 0.15) is 24.2 Å². The molecule has 19 heavy (non-hydrogen) atoms. The molecule has 0 amide bonds. The second kappa shape index (κ2) is 6.63. The third-order valence-corrected chi connectivity index (χ3v) is 4.74. The number of aromatic nitrogens is 2. The monoisotopic (exact) mass is 305 g/mol. The van der Waals surface area contributed by atoms with E-state index in [-0.39, 0.29) is 29.2 Å². The summed E-state index contributed by atoms with van der Waals surface area (Å²) in [4.78, 5) is 8.10. The van der Waals surface area contributed by atoms with Gasteiger partial charge in [-0.2, -0.15) is 0 Å². The van der Waals surface area contributed by atoms with Gasteiger partial charge < -0.3 is 5.32 Å². The Labute approximate surface area is 120 Å². The Kier molecular flexibility index (Phi) is 5.70. The molecule has 1 aromatic rings. The van der Waals surface area contributed by atoms with E-state index in [4.69, 9.17) is 0 Å². The van der Waals surface area contributed by atoms with Crippen molar-refractivity contribution in [3.05, 3.63) is 17.5 Å². The first-order chi connectivity index (χ1) is 8.47. The molecule has 1 N–H and O–H groups in total. The van der Waals surface area contributed by atoms with E-state index in [9.17, 15) is 8.42 Å². The molecule has 2 heterocycles. The van der Waals surface area contributed by atoms with Gasteiger partial charge in [-0.1, -0.05) is 0 Å². The van der Waals surface area contributed by atoms with E-state index < -0.39 is 9.84 Å². The molecule has 1 fully saturated rings. The zero-order valence-electron chi connectivity index (χ0n) is 11.2. The van der Waals surface area contributed by atoms with Crippen molar-refractivity contribution in [2.75, 3.05) is 18.8 Å². The van der Waals surface area contributed by atoms with E-state index in [0.29, 0.717) is 11.4 Å². The fraction of sp³-hybridized carbons (Fsp3) is 0.667. The van der Waals surface area contributed by atoms with Crippen molar-refractivity contribution in [3.63, 3.8) is 0 Å². The van der Waals surface area contributed by atoms with Gasteiger partial charge in [-0.3, -0.25) is 0 Å². The Bertz CT molecular complexity index is 508. The molecule has 1 atom stereocenters. The zero-order valence-corrected chi connectivity index (χ0v) is 12.9. The minimum absolute atomic E-state index is 0. The molecule has 1 aliphatic heterocycles. The van der Waals surface area contributed by atoms with Gasteiger partial charge in [0.05, 0.1) is 5.75 Å². The molecule has 0 radical (unpaired) electrons. The summed E-state index contributed by atoms with van der Waals surface area (Å²) in [6.45, 7) is 5.33. The summed E-state index contributed by atoms with van der Waals surface area (Å²) in [5.74, 6) is 0.316. The summed E-state index contributed by atoms with van der Waals surface area (Å²) in [5, 5.41) is 3.20. The van der Waals surface area contributed by atoms with E-state index >= 15 is 0 Å². The number of aryl methyl sites for hydroxylation is 2. The maximum Gasteiger partial charge on any atom is 0.247 e. The molecule has 0 aromatic carbocycles. The van der Waals surface area contributed by atoms with Gasteiger partial charge in [0.25, 0.3) is 0 Å². The summed E-state index contributed by atoms with van der Waals surface area (Å²) in [7, 11) is -3.37. The van der Waals surface area contributed by atoms with Gasteiger partial charge in [0.15, 0.2) is 0 Å². The topological polar surface area (TPSA) is 72.0 Å². The van der Waals surface area contributed by atoms with Crippen molar-refractivity contribution in [1.82, 2.24) is 15.3 Å². The Balaban J connectivity index is 0.00000180. The molecule has 0 spiro atoms. The van der Waals surface area contributed by atoms with Gasteiger partial charge in [0.2, 0.25) is 15.0 Å². The first kappa shape index (κ1) is 16.3. The van der Waals surface area contributed by atoms with Crippen LogP contribution in [-0.2, 0) is 9.84 Å². The van der Waals surface area contributed by atoms with Crippen LogP contribution in [0.2, 0.25) is 0 Å². The minimum atomic E-state index is -3.37. The van der Waals surface area contributed by atoms with Crippen molar-refractivity contribution in [2.45, 2.75) is 31.8 Å². The highest BCUT2D eigenvalue weighted by Gasteiger charge is 2.25. The standard InChI is InChI=1S/C12H19N3O2S.ClH/c1-9-6-10(2)15-12(14-9)18(16,17)8-11-4-3-5-13-7-11;/h6,11,13H,3-5,7-8H2,1-2H3;1H. The normalized spacial score (nSPS) is 19.8. The van der Waals surface area contributed by atoms with Crippen LogP contribution >= 0.6 is 12.4 Å². The van der Waals surface area contributed by atoms with Crippen LogP contribution in [0.5, 0.6) is 0 Å². The van der Waals surface area contributed by atoms with Gasteiger partial charge in [0, 0.05) is 11.4 Å². The maximum absolute atomic E-state index is 12.3. The lowest BCUT2D eigenvalue weighted by Crippen LogP contribution is -2.34. The SMILES string of the molecule is Cc1cc(C)nc(S(=O)(=O)CC2CCCNC2)n1.Cl. The van der Waals surface area contributed by atoms with Crippen molar-refractivity contribution in [2.24, 2.45) is 5.92 Å². The highest BCUT2D eigenvalue weighted by molar-refractivity contribution is 7.91. The van der Waals surface area contributed by atoms with Crippen molar-refractivity contribution >= 4 is 22.2 Å². The number of hydrogen-bond acceptors (Lipinski definition) is 5. The second-order valence-corrected chi connectivity index (χ2v) is 6.86. The number of halogens is 1. The molecule has 108 valence electrons. The Morgan fingerprint density at radius 2 is 1.95 bits per heavy atom. The van der Waals surface area contributed by atoms with Crippen LogP contribution < -0.4 is 5.32 Å². The molecule has 1 saturated heterocycles. The third-order valence-electron chi connectivity index (χ3n) is 3.09. The third kappa shape index (κ3) is 4.40. The van der Waals surface area contributed by atoms with E-state index in [1.165, 1.54) is 0 Å². The average molecular weight is 306 g/mol. The van der Waals surface area contributed by atoms with E-state index in [1.54, 1.807) is 19.9 Å². The molecular weight excluding hydrogens is 286 g/mol. The highest BCUT2D eigenvalue weighted by atomic mass is 35.5. The van der Waals surface area contributed by atoms with E-state index in [2.05, 4.69) is 15.3 Å². The van der Waals surface area contributed by atoms with Crippen molar-refractivity contribution in [1.29, 1.82) is 0 Å². The van der Waals surface area contributed by atoms with Crippen molar-refractivity contribution < 1.29 is 8.42 Å². The maximum atomic E-state index is 12.3.